The first-order chi connectivity index (χ1) is 17.3. The molecule has 0 spiro atoms. The van der Waals surface area contributed by atoms with E-state index in [-0.39, 0.29) is 23.4 Å². The fourth-order valence-corrected chi connectivity index (χ4v) is 6.96. The maximum Gasteiger partial charge on any atom is 0.303 e. The van der Waals surface area contributed by atoms with E-state index in [4.69, 9.17) is 10.5 Å². The Hall–Kier alpha value is -2.27. The van der Waals surface area contributed by atoms with Crippen molar-refractivity contribution in [1.29, 1.82) is 0 Å². The highest BCUT2D eigenvalue weighted by atomic mass is 32.2. The number of aromatic nitrogens is 1. The highest BCUT2D eigenvalue weighted by molar-refractivity contribution is 8.01. The second kappa shape index (κ2) is 12.3. The second-order valence-electron chi connectivity index (χ2n) is 9.20. The molecule has 36 heavy (non-hydrogen) atoms. The molecule has 3 aromatic rings. The Bertz CT molecular complexity index is 1190. The number of thiophene rings is 1. The summed E-state index contributed by atoms with van der Waals surface area (Å²) < 4.78 is 34.3. The van der Waals surface area contributed by atoms with E-state index in [2.05, 4.69) is 9.88 Å². The fraction of sp³-hybridized carbons (Fsp3) is 0.462. The number of benzene rings is 1. The first kappa shape index (κ1) is 26.8. The van der Waals surface area contributed by atoms with Crippen LogP contribution in [0.4, 0.5) is 8.78 Å². The predicted molar refractivity (Wildman–Crippen MR) is 140 cm³/mol. The number of carboxylic acids is 1. The van der Waals surface area contributed by atoms with Crippen LogP contribution in [0.25, 0.3) is 10.9 Å². The van der Waals surface area contributed by atoms with Crippen molar-refractivity contribution in [3.05, 3.63) is 53.0 Å². The van der Waals surface area contributed by atoms with Crippen LogP contribution >= 0.6 is 23.1 Å². The molecule has 0 unspecified atom stereocenters. The van der Waals surface area contributed by atoms with Gasteiger partial charge in [-0.25, -0.2) is 4.39 Å². The van der Waals surface area contributed by atoms with E-state index < -0.39 is 17.8 Å². The lowest BCUT2D eigenvalue weighted by atomic mass is 9.79. The summed E-state index contributed by atoms with van der Waals surface area (Å²) in [4.78, 5) is 18.0. The third-order valence-electron chi connectivity index (χ3n) is 6.90. The molecule has 1 saturated heterocycles. The van der Waals surface area contributed by atoms with Crippen LogP contribution in [-0.4, -0.2) is 53.5 Å². The number of fused-ring (bicyclic) bond motifs is 1. The molecule has 2 aromatic heterocycles. The van der Waals surface area contributed by atoms with Gasteiger partial charge in [0.15, 0.2) is 5.13 Å². The molecule has 3 heterocycles. The van der Waals surface area contributed by atoms with Crippen molar-refractivity contribution >= 4 is 40.0 Å². The van der Waals surface area contributed by atoms with E-state index >= 15 is 0 Å². The molecule has 1 aliphatic heterocycles. The molecule has 0 amide bonds. The SMILES string of the molecule is COc1ccc2ncc(F)c([C@@H](N)CC[C@@H]3CCN(CCSc4ccc(F)s4)C[C@@H]3CC(=O)O)c2c1. The van der Waals surface area contributed by atoms with Crippen LogP contribution in [0, 0.1) is 22.8 Å². The van der Waals surface area contributed by atoms with Crippen molar-refractivity contribution in [3.8, 4) is 5.75 Å². The molecule has 6 nitrogen and oxygen atoms in total. The van der Waals surface area contributed by atoms with Gasteiger partial charge in [0.2, 0.25) is 0 Å². The lowest BCUT2D eigenvalue weighted by Gasteiger charge is -2.38. The summed E-state index contributed by atoms with van der Waals surface area (Å²) in [6.45, 7) is 2.40. The molecular weight excluding hydrogens is 504 g/mol. The molecule has 10 heteroatoms. The Morgan fingerprint density at radius 3 is 2.89 bits per heavy atom. The smallest absolute Gasteiger partial charge is 0.303 e. The normalized spacial score (nSPS) is 19.4. The summed E-state index contributed by atoms with van der Waals surface area (Å²) in [5.41, 5.74) is 7.58. The Morgan fingerprint density at radius 1 is 1.33 bits per heavy atom. The van der Waals surface area contributed by atoms with Crippen LogP contribution in [-0.2, 0) is 4.79 Å². The number of rotatable bonds is 11. The average molecular weight is 536 g/mol. The number of piperidine rings is 1. The number of hydrogen-bond donors (Lipinski definition) is 2. The van der Waals surface area contributed by atoms with Gasteiger partial charge in [-0.3, -0.25) is 9.78 Å². The minimum absolute atomic E-state index is 0.00626. The summed E-state index contributed by atoms with van der Waals surface area (Å²) in [6.07, 6.45) is 3.45. The van der Waals surface area contributed by atoms with E-state index in [1.54, 1.807) is 43.1 Å². The highest BCUT2D eigenvalue weighted by Crippen LogP contribution is 2.35. The Morgan fingerprint density at radius 2 is 2.17 bits per heavy atom. The Balaban J connectivity index is 1.38. The number of aliphatic carboxylic acids is 1. The van der Waals surface area contributed by atoms with Gasteiger partial charge in [-0.2, -0.15) is 4.39 Å². The highest BCUT2D eigenvalue weighted by Gasteiger charge is 2.31. The molecule has 0 radical (unpaired) electrons. The monoisotopic (exact) mass is 535 g/mol. The number of carbonyl (C=O) groups is 1. The van der Waals surface area contributed by atoms with Crippen LogP contribution < -0.4 is 10.5 Å². The number of nitrogens with zero attached hydrogens (tertiary/aromatic N) is 2. The minimum atomic E-state index is -0.808. The van der Waals surface area contributed by atoms with Crippen LogP contribution in [0.15, 0.2) is 40.7 Å². The zero-order valence-electron chi connectivity index (χ0n) is 20.2. The Labute approximate surface area is 217 Å². The summed E-state index contributed by atoms with van der Waals surface area (Å²) in [6, 6.07) is 8.06. The first-order valence-electron chi connectivity index (χ1n) is 12.0. The first-order valence-corrected chi connectivity index (χ1v) is 13.8. The Kier molecular flexibility index (Phi) is 9.16. The molecule has 194 valence electrons. The lowest BCUT2D eigenvalue weighted by Crippen LogP contribution is -2.42. The van der Waals surface area contributed by atoms with E-state index in [0.717, 1.165) is 47.2 Å². The third-order valence-corrected chi connectivity index (χ3v) is 8.98. The molecule has 0 saturated carbocycles. The van der Waals surface area contributed by atoms with Gasteiger partial charge in [0.25, 0.3) is 0 Å². The topological polar surface area (TPSA) is 88.7 Å². The molecule has 0 bridgehead atoms. The lowest BCUT2D eigenvalue weighted by molar-refractivity contribution is -0.139. The number of methoxy groups -OCH3 is 1. The van der Waals surface area contributed by atoms with E-state index in [1.807, 2.05) is 0 Å². The largest absolute Gasteiger partial charge is 0.497 e. The molecule has 1 aromatic carbocycles. The number of carboxylic acid groups (broad SMARTS) is 1. The summed E-state index contributed by atoms with van der Waals surface area (Å²) >= 11 is 2.77. The van der Waals surface area contributed by atoms with E-state index in [1.165, 1.54) is 12.3 Å². The summed E-state index contributed by atoms with van der Waals surface area (Å²) in [5, 5.41) is 9.96. The van der Waals surface area contributed by atoms with Gasteiger partial charge < -0.3 is 20.5 Å². The molecular formula is C26H31F2N3O3S2. The number of halogens is 2. The van der Waals surface area contributed by atoms with Gasteiger partial charge in [0.05, 0.1) is 23.0 Å². The van der Waals surface area contributed by atoms with Crippen LogP contribution in [0.5, 0.6) is 5.75 Å². The maximum absolute atomic E-state index is 14.8. The zero-order valence-corrected chi connectivity index (χ0v) is 21.8. The van der Waals surface area contributed by atoms with Gasteiger partial charge >= 0.3 is 5.97 Å². The number of likely N-dealkylation sites (tertiary alicyclic amines) is 1. The molecule has 1 aliphatic rings. The number of hydrogen-bond acceptors (Lipinski definition) is 7. The van der Waals surface area contributed by atoms with Crippen molar-refractivity contribution < 1.29 is 23.4 Å². The van der Waals surface area contributed by atoms with E-state index in [0.29, 0.717) is 35.2 Å². The molecule has 0 aliphatic carbocycles. The predicted octanol–water partition coefficient (Wildman–Crippen LogP) is 5.57. The third kappa shape index (κ3) is 6.73. The van der Waals surface area contributed by atoms with Crippen LogP contribution in [0.3, 0.4) is 0 Å². The average Bonchev–Trinajstić information content (AvgIpc) is 3.27. The molecule has 3 atom stereocenters. The van der Waals surface area contributed by atoms with Gasteiger partial charge in [-0.1, -0.05) is 11.3 Å². The second-order valence-corrected chi connectivity index (χ2v) is 11.6. The van der Waals surface area contributed by atoms with Gasteiger partial charge in [0, 0.05) is 42.3 Å². The molecule has 3 N–H and O–H groups in total. The summed E-state index contributed by atoms with van der Waals surface area (Å²) in [5.74, 6) is 0.397. The number of thioether (sulfide) groups is 1. The number of ether oxygens (including phenoxy) is 1. The van der Waals surface area contributed by atoms with Crippen LogP contribution in [0.1, 0.15) is 37.3 Å². The van der Waals surface area contributed by atoms with Crippen molar-refractivity contribution in [2.24, 2.45) is 17.6 Å². The fourth-order valence-electron chi connectivity index (χ4n) is 5.06. The van der Waals surface area contributed by atoms with E-state index in [9.17, 15) is 18.7 Å². The zero-order chi connectivity index (χ0) is 25.7. The van der Waals surface area contributed by atoms with Gasteiger partial charge in [-0.05, 0) is 68.0 Å². The number of nitrogens with two attached hydrogens (primary N) is 1. The van der Waals surface area contributed by atoms with Crippen molar-refractivity contribution in [2.75, 3.05) is 32.5 Å². The maximum atomic E-state index is 14.8. The van der Waals surface area contributed by atoms with Crippen LogP contribution in [0.2, 0.25) is 0 Å². The number of pyridine rings is 1. The molecule has 4 rings (SSSR count). The van der Waals surface area contributed by atoms with Crippen molar-refractivity contribution in [3.63, 3.8) is 0 Å². The quantitative estimate of drug-likeness (QED) is 0.311. The minimum Gasteiger partial charge on any atom is -0.497 e. The summed E-state index contributed by atoms with van der Waals surface area (Å²) in [7, 11) is 1.56. The van der Waals surface area contributed by atoms with Crippen molar-refractivity contribution in [2.45, 2.75) is 35.9 Å². The van der Waals surface area contributed by atoms with Crippen molar-refractivity contribution in [1.82, 2.24) is 9.88 Å². The standard InChI is InChI=1S/C26H31F2N3O3S2/c1-34-18-3-5-22-19(13-18)26(20(27)14-30-22)21(29)4-2-16-8-9-31(15-17(16)12-24(32)33)10-11-35-25-7-6-23(28)36-25/h3,5-7,13-14,16-17,21H,2,4,8-12,15,29H2,1H3,(H,32,33)/t16-,17+,21+/m1/s1. The van der Waals surface area contributed by atoms with Gasteiger partial charge in [-0.15, -0.1) is 11.8 Å². The van der Waals surface area contributed by atoms with Gasteiger partial charge in [0.1, 0.15) is 11.6 Å². The molecule has 1 fully saturated rings.